The van der Waals surface area contributed by atoms with Crippen LogP contribution in [0.15, 0.2) is 60.7 Å². The van der Waals surface area contributed by atoms with Gasteiger partial charge in [-0.1, -0.05) is 19.9 Å². The van der Waals surface area contributed by atoms with Crippen molar-refractivity contribution in [3.05, 3.63) is 71.8 Å². The van der Waals surface area contributed by atoms with E-state index in [1.807, 2.05) is 12.1 Å². The van der Waals surface area contributed by atoms with Crippen molar-refractivity contribution < 1.29 is 16.2 Å². The fraction of sp³-hybridized carbons (Fsp3) is 0.222. The van der Waals surface area contributed by atoms with Crippen molar-refractivity contribution >= 4 is 37.8 Å². The van der Waals surface area contributed by atoms with Gasteiger partial charge in [0.1, 0.15) is 0 Å². The van der Waals surface area contributed by atoms with Crippen LogP contribution in [0.5, 0.6) is 0 Å². The molecule has 3 rings (SSSR count). The molecule has 22 heavy (non-hydrogen) atoms. The van der Waals surface area contributed by atoms with Crippen molar-refractivity contribution in [2.75, 3.05) is 0 Å². The summed E-state index contributed by atoms with van der Waals surface area (Å²) in [5.41, 5.74) is 2.69. The molecule has 0 bridgehead atoms. The monoisotopic (exact) mass is 472 g/mol. The summed E-state index contributed by atoms with van der Waals surface area (Å²) in [5, 5.41) is 2.69. The molecule has 0 heterocycles. The topological polar surface area (TPSA) is 0 Å². The van der Waals surface area contributed by atoms with Crippen molar-refractivity contribution in [2.24, 2.45) is 0 Å². The molecule has 0 aliphatic carbocycles. The van der Waals surface area contributed by atoms with Gasteiger partial charge in [0.25, 0.3) is 0 Å². The summed E-state index contributed by atoms with van der Waals surface area (Å²) >= 11 is -1.59. The summed E-state index contributed by atoms with van der Waals surface area (Å²) < 4.78 is 0. The number of rotatable bonds is 0. The molecule has 118 valence electrons. The Hall–Kier alpha value is 0.186. The molecule has 0 spiro atoms. The number of hydrogen-bond acceptors (Lipinski definition) is 0. The first kappa shape index (κ1) is 20.2. The van der Waals surface area contributed by atoms with Gasteiger partial charge in [-0.15, -0.1) is 40.6 Å². The van der Waals surface area contributed by atoms with Crippen LogP contribution in [0.4, 0.5) is 0 Å². The Morgan fingerprint density at radius 2 is 1.68 bits per heavy atom. The van der Waals surface area contributed by atoms with E-state index in [9.17, 15) is 0 Å². The van der Waals surface area contributed by atoms with Crippen LogP contribution in [-0.4, -0.2) is 9.98 Å². The summed E-state index contributed by atoms with van der Waals surface area (Å²) in [6.45, 7) is 4.21. The zero-order valence-electron chi connectivity index (χ0n) is 13.5. The van der Waals surface area contributed by atoms with Crippen molar-refractivity contribution in [1.82, 2.24) is 0 Å². The Kier molecular flexibility index (Phi) is 9.99. The molecule has 0 radical (unpaired) electrons. The third kappa shape index (κ3) is 8.15. The minimum atomic E-state index is -1.59. The van der Waals surface area contributed by atoms with Gasteiger partial charge in [-0.25, -0.2) is 11.6 Å². The summed E-state index contributed by atoms with van der Waals surface area (Å²) in [6, 6.07) is 21.1. The standard InChI is InChI=1S/C10H9.C6H7.C2H6Ge.2ClH.Zr/c1-8-6-9-4-2-3-5-10(9)7-8;1-6-4-2-3-5-6;1-3-2;;;/h2-7H,1H3;2-5H,1H3;1-2H3;2*1H;/q2*-1;;;;+2/p-2. The molecule has 0 aliphatic heterocycles. The minimum absolute atomic E-state index is 0.735. The van der Waals surface area contributed by atoms with Crippen LogP contribution in [0, 0.1) is 13.8 Å². The number of hydrogen-bond donors (Lipinski definition) is 0. The van der Waals surface area contributed by atoms with Gasteiger partial charge >= 0.3 is 54.8 Å². The maximum absolute atomic E-state index is 5.65. The number of aryl methyl sites for hydroxylation is 2. The first-order valence-corrected chi connectivity index (χ1v) is 25.1. The van der Waals surface area contributed by atoms with Crippen LogP contribution < -0.4 is 0 Å². The van der Waals surface area contributed by atoms with E-state index in [0.717, 1.165) is 0 Å². The van der Waals surface area contributed by atoms with E-state index in [4.69, 9.17) is 17.0 Å². The van der Waals surface area contributed by atoms with Crippen molar-refractivity contribution in [3.8, 4) is 0 Å². The average molecular weight is 473 g/mol. The molecule has 0 aromatic heterocycles. The van der Waals surface area contributed by atoms with Gasteiger partial charge in [0, 0.05) is 0 Å². The van der Waals surface area contributed by atoms with Crippen LogP contribution in [-0.2, 0) is 16.2 Å². The summed E-state index contributed by atoms with van der Waals surface area (Å²) in [4.78, 5) is 0. The molecule has 0 unspecified atom stereocenters. The summed E-state index contributed by atoms with van der Waals surface area (Å²) in [7, 11) is 10.6. The van der Waals surface area contributed by atoms with Gasteiger partial charge in [0.05, 0.1) is 0 Å². The molecular formula is C18H22Cl2GeZr-2. The molecule has 0 atom stereocenters. The van der Waals surface area contributed by atoms with E-state index in [-0.39, 0.29) is 0 Å². The van der Waals surface area contributed by atoms with E-state index >= 15 is 0 Å². The SMILES string of the molecule is Cc1cc2ccccc2[cH-]1.Cc1cc[cH-]c1.[CH3][Ge]([CH3])=[Zr]([Cl])[Cl]. The predicted octanol–water partition coefficient (Wildman–Crippen LogP) is 6.74. The molecule has 0 nitrogen and oxygen atoms in total. The van der Waals surface area contributed by atoms with Gasteiger partial charge in [-0.05, 0) is 0 Å². The molecule has 3 aromatic carbocycles. The van der Waals surface area contributed by atoms with Crippen LogP contribution in [0.2, 0.25) is 11.5 Å². The fourth-order valence-corrected chi connectivity index (χ4v) is 1.78. The third-order valence-electron chi connectivity index (χ3n) is 2.97. The molecule has 0 amide bonds. The number of fused-ring (bicyclic) bond motifs is 1. The average Bonchev–Trinajstić information content (AvgIpc) is 3.07. The van der Waals surface area contributed by atoms with Crippen LogP contribution in [0.3, 0.4) is 0 Å². The van der Waals surface area contributed by atoms with Crippen molar-refractivity contribution in [3.63, 3.8) is 0 Å². The normalized spacial score (nSPS) is 9.36. The van der Waals surface area contributed by atoms with Crippen LogP contribution in [0.1, 0.15) is 11.1 Å². The second kappa shape index (κ2) is 10.9. The van der Waals surface area contributed by atoms with E-state index in [1.165, 1.54) is 21.9 Å². The predicted molar refractivity (Wildman–Crippen MR) is 100 cm³/mol. The van der Waals surface area contributed by atoms with Gasteiger partial charge in [-0.3, -0.25) is 0 Å². The second-order valence-corrected chi connectivity index (χ2v) is 43.3. The van der Waals surface area contributed by atoms with Gasteiger partial charge in [0.2, 0.25) is 0 Å². The zero-order valence-corrected chi connectivity index (χ0v) is 19.6. The summed E-state index contributed by atoms with van der Waals surface area (Å²) in [5.74, 6) is 4.46. The second-order valence-electron chi connectivity index (χ2n) is 5.38. The molecule has 0 aliphatic rings. The number of benzene rings is 1. The molecule has 0 saturated heterocycles. The summed E-state index contributed by atoms with van der Waals surface area (Å²) in [6.07, 6.45) is 0. The fourth-order valence-electron chi connectivity index (χ4n) is 1.78. The Morgan fingerprint density at radius 3 is 2.09 bits per heavy atom. The van der Waals surface area contributed by atoms with Gasteiger partial charge in [0.15, 0.2) is 0 Å². The first-order valence-electron chi connectivity index (χ1n) is 7.19. The Balaban J connectivity index is 0.000000176. The third-order valence-corrected chi connectivity index (χ3v) is 37.4. The van der Waals surface area contributed by atoms with Crippen LogP contribution in [0.25, 0.3) is 10.8 Å². The van der Waals surface area contributed by atoms with E-state index in [1.54, 1.807) is 0 Å². The van der Waals surface area contributed by atoms with Crippen molar-refractivity contribution in [2.45, 2.75) is 25.4 Å². The Bertz CT molecular complexity index is 661. The molecule has 3 aromatic rings. The molecule has 4 heteroatoms. The van der Waals surface area contributed by atoms with E-state index < -0.39 is 26.2 Å². The Labute approximate surface area is 150 Å². The maximum atomic E-state index is 5.65. The molecule has 0 N–H and O–H groups in total. The van der Waals surface area contributed by atoms with E-state index in [0.29, 0.717) is 0 Å². The van der Waals surface area contributed by atoms with Gasteiger partial charge in [-0.2, -0.15) is 24.3 Å². The molecule has 0 saturated carbocycles. The molecule has 0 fully saturated rings. The van der Waals surface area contributed by atoms with Crippen molar-refractivity contribution in [1.29, 1.82) is 0 Å². The van der Waals surface area contributed by atoms with E-state index in [2.05, 4.69) is 73.9 Å². The van der Waals surface area contributed by atoms with Crippen LogP contribution >= 0.6 is 17.0 Å². The quantitative estimate of drug-likeness (QED) is 0.251. The zero-order chi connectivity index (χ0) is 16.5. The van der Waals surface area contributed by atoms with Gasteiger partial charge < -0.3 is 0 Å². The Morgan fingerprint density at radius 1 is 1.05 bits per heavy atom. The first-order chi connectivity index (χ1) is 10.4. The number of halogens is 2. The molecular weight excluding hydrogens is 451 g/mol.